The van der Waals surface area contributed by atoms with E-state index in [4.69, 9.17) is 9.51 Å². The van der Waals surface area contributed by atoms with Crippen molar-refractivity contribution in [3.05, 3.63) is 96.3 Å². The van der Waals surface area contributed by atoms with Crippen LogP contribution in [0.3, 0.4) is 0 Å². The number of fused-ring (bicyclic) bond motifs is 1. The Morgan fingerprint density at radius 2 is 1.57 bits per heavy atom. The monoisotopic (exact) mass is 365 g/mol. The van der Waals surface area contributed by atoms with Gasteiger partial charge in [-0.2, -0.15) is 0 Å². The van der Waals surface area contributed by atoms with E-state index in [1.54, 1.807) is 6.26 Å². The lowest BCUT2D eigenvalue weighted by Crippen LogP contribution is -2.02. The summed E-state index contributed by atoms with van der Waals surface area (Å²) in [5.41, 5.74) is 7.61. The van der Waals surface area contributed by atoms with Gasteiger partial charge in [0, 0.05) is 23.7 Å². The number of hydrogen-bond donors (Lipinski definition) is 0. The molecule has 0 aliphatic heterocycles. The first-order chi connectivity index (χ1) is 13.8. The lowest BCUT2D eigenvalue weighted by molar-refractivity contribution is 0.422. The van der Waals surface area contributed by atoms with Crippen molar-refractivity contribution >= 4 is 11.0 Å². The lowest BCUT2D eigenvalue weighted by Gasteiger charge is -2.10. The minimum absolute atomic E-state index is 0.779. The van der Waals surface area contributed by atoms with Gasteiger partial charge in [-0.3, -0.25) is 0 Å². The molecule has 136 valence electrons. The fourth-order valence-corrected chi connectivity index (χ4v) is 3.48. The summed E-state index contributed by atoms with van der Waals surface area (Å²) in [7, 11) is 0. The van der Waals surface area contributed by atoms with Gasteiger partial charge in [-0.25, -0.2) is 4.98 Å². The number of hydrogen-bond acceptors (Lipinski definition) is 3. The molecule has 0 spiro atoms. The van der Waals surface area contributed by atoms with Crippen molar-refractivity contribution < 1.29 is 4.52 Å². The highest BCUT2D eigenvalue weighted by molar-refractivity contribution is 5.81. The van der Waals surface area contributed by atoms with Crippen LogP contribution < -0.4 is 0 Å². The molecule has 0 fully saturated rings. The minimum atomic E-state index is 0.779. The number of benzene rings is 3. The molecule has 28 heavy (non-hydrogen) atoms. The van der Waals surface area contributed by atoms with Crippen LogP contribution in [0, 0.1) is 6.92 Å². The molecular formula is C24H19N3O. The zero-order valence-electron chi connectivity index (χ0n) is 15.5. The molecule has 0 saturated carbocycles. The molecule has 0 atom stereocenters. The molecule has 0 unspecified atom stereocenters. The van der Waals surface area contributed by atoms with Gasteiger partial charge in [0.2, 0.25) is 0 Å². The lowest BCUT2D eigenvalue weighted by atomic mass is 10.1. The first-order valence-corrected chi connectivity index (χ1v) is 9.30. The maximum atomic E-state index is 4.95. The van der Waals surface area contributed by atoms with E-state index in [2.05, 4.69) is 83.4 Å². The summed E-state index contributed by atoms with van der Waals surface area (Å²) in [6, 6.07) is 27.1. The Labute approximate surface area is 163 Å². The maximum Gasteiger partial charge on any atom is 0.141 e. The fraction of sp³-hybridized carbons (Fsp3) is 0.0833. The molecule has 0 aliphatic rings. The summed E-state index contributed by atoms with van der Waals surface area (Å²) in [6.07, 6.45) is 1.59. The predicted molar refractivity (Wildman–Crippen MR) is 111 cm³/mol. The summed E-state index contributed by atoms with van der Waals surface area (Å²) in [5, 5.41) is 4.01. The average molecular weight is 365 g/mol. The van der Waals surface area contributed by atoms with Crippen molar-refractivity contribution in [1.29, 1.82) is 0 Å². The Hall–Kier alpha value is -3.66. The van der Waals surface area contributed by atoms with Crippen molar-refractivity contribution in [2.45, 2.75) is 13.5 Å². The average Bonchev–Trinajstić information content (AvgIpc) is 3.39. The molecule has 0 bridgehead atoms. The number of imidazole rings is 1. The van der Waals surface area contributed by atoms with E-state index < -0.39 is 0 Å². The maximum absolute atomic E-state index is 4.95. The number of aryl methyl sites for hydroxylation is 1. The molecule has 5 aromatic rings. The number of aromatic nitrogens is 3. The Bertz CT molecular complexity index is 1220. The predicted octanol–water partition coefficient (Wildman–Crippen LogP) is 5.72. The van der Waals surface area contributed by atoms with E-state index in [1.165, 1.54) is 11.1 Å². The molecule has 2 heterocycles. The van der Waals surface area contributed by atoms with Crippen LogP contribution >= 0.6 is 0 Å². The minimum Gasteiger partial charge on any atom is -0.364 e. The molecule has 0 N–H and O–H groups in total. The van der Waals surface area contributed by atoms with E-state index >= 15 is 0 Å². The van der Waals surface area contributed by atoms with Gasteiger partial charge < -0.3 is 9.09 Å². The van der Waals surface area contributed by atoms with E-state index in [0.29, 0.717) is 0 Å². The standard InChI is InChI=1S/C24H19N3O/c1-17-6-8-18(9-7-17)16-27-23-5-3-2-4-22(23)25-24(27)20-12-10-19(11-13-20)21-14-15-28-26-21/h2-15H,16H2,1H3. The third-order valence-corrected chi connectivity index (χ3v) is 4.99. The second-order valence-electron chi connectivity index (χ2n) is 6.96. The normalized spacial score (nSPS) is 11.2. The summed E-state index contributed by atoms with van der Waals surface area (Å²) < 4.78 is 7.23. The Kier molecular flexibility index (Phi) is 4.02. The number of nitrogens with zero attached hydrogens (tertiary/aromatic N) is 3. The third kappa shape index (κ3) is 2.99. The molecule has 0 radical (unpaired) electrons. The van der Waals surface area contributed by atoms with Gasteiger partial charge in [0.15, 0.2) is 0 Å². The Morgan fingerprint density at radius 3 is 2.32 bits per heavy atom. The highest BCUT2D eigenvalue weighted by atomic mass is 16.5. The smallest absolute Gasteiger partial charge is 0.141 e. The molecule has 0 amide bonds. The highest BCUT2D eigenvalue weighted by Gasteiger charge is 2.13. The summed E-state index contributed by atoms with van der Waals surface area (Å²) in [6.45, 7) is 2.89. The van der Waals surface area contributed by atoms with E-state index in [1.807, 2.05) is 12.1 Å². The Morgan fingerprint density at radius 1 is 0.821 bits per heavy atom. The van der Waals surface area contributed by atoms with Gasteiger partial charge in [-0.05, 0) is 24.6 Å². The van der Waals surface area contributed by atoms with E-state index in [0.717, 1.165) is 40.2 Å². The fourth-order valence-electron chi connectivity index (χ4n) is 3.48. The van der Waals surface area contributed by atoms with Crippen LogP contribution in [0.25, 0.3) is 33.7 Å². The van der Waals surface area contributed by atoms with Crippen molar-refractivity contribution in [2.24, 2.45) is 0 Å². The largest absolute Gasteiger partial charge is 0.364 e. The number of para-hydroxylation sites is 2. The third-order valence-electron chi connectivity index (χ3n) is 4.99. The molecular weight excluding hydrogens is 346 g/mol. The van der Waals surface area contributed by atoms with E-state index in [-0.39, 0.29) is 0 Å². The van der Waals surface area contributed by atoms with Crippen molar-refractivity contribution in [1.82, 2.24) is 14.7 Å². The second kappa shape index (κ2) is 6.82. The van der Waals surface area contributed by atoms with Crippen LogP contribution in [-0.4, -0.2) is 14.7 Å². The summed E-state index contributed by atoms with van der Waals surface area (Å²) in [4.78, 5) is 4.92. The molecule has 3 aromatic carbocycles. The van der Waals surface area contributed by atoms with Gasteiger partial charge in [0.25, 0.3) is 0 Å². The SMILES string of the molecule is Cc1ccc(Cn2c(-c3ccc(-c4ccon4)cc3)nc3ccccc32)cc1. The molecule has 4 heteroatoms. The highest BCUT2D eigenvalue weighted by Crippen LogP contribution is 2.28. The molecule has 5 rings (SSSR count). The molecule has 2 aromatic heterocycles. The zero-order chi connectivity index (χ0) is 18.9. The van der Waals surface area contributed by atoms with E-state index in [9.17, 15) is 0 Å². The molecule has 0 aliphatic carbocycles. The van der Waals surface area contributed by atoms with Gasteiger partial charge in [-0.1, -0.05) is 71.4 Å². The number of rotatable bonds is 4. The van der Waals surface area contributed by atoms with Gasteiger partial charge in [0.1, 0.15) is 17.8 Å². The van der Waals surface area contributed by atoms with Crippen molar-refractivity contribution in [2.75, 3.05) is 0 Å². The molecule has 4 nitrogen and oxygen atoms in total. The van der Waals surface area contributed by atoms with Gasteiger partial charge >= 0.3 is 0 Å². The first-order valence-electron chi connectivity index (χ1n) is 9.30. The quantitative estimate of drug-likeness (QED) is 0.409. The van der Waals surface area contributed by atoms with Crippen LogP contribution in [-0.2, 0) is 6.54 Å². The zero-order valence-corrected chi connectivity index (χ0v) is 15.5. The van der Waals surface area contributed by atoms with Crippen LogP contribution in [0.2, 0.25) is 0 Å². The second-order valence-corrected chi connectivity index (χ2v) is 6.96. The van der Waals surface area contributed by atoms with Crippen LogP contribution in [0.1, 0.15) is 11.1 Å². The summed E-state index contributed by atoms with van der Waals surface area (Å²) >= 11 is 0. The van der Waals surface area contributed by atoms with Gasteiger partial charge in [0.05, 0.1) is 11.0 Å². The summed E-state index contributed by atoms with van der Waals surface area (Å²) in [5.74, 6) is 0.966. The topological polar surface area (TPSA) is 43.9 Å². The molecule has 0 saturated heterocycles. The first kappa shape index (κ1) is 16.5. The van der Waals surface area contributed by atoms with Crippen molar-refractivity contribution in [3.8, 4) is 22.6 Å². The van der Waals surface area contributed by atoms with Crippen LogP contribution in [0.4, 0.5) is 0 Å². The van der Waals surface area contributed by atoms with Crippen molar-refractivity contribution in [3.63, 3.8) is 0 Å². The van der Waals surface area contributed by atoms with Crippen LogP contribution in [0.5, 0.6) is 0 Å². The van der Waals surface area contributed by atoms with Gasteiger partial charge in [-0.15, -0.1) is 0 Å². The van der Waals surface area contributed by atoms with Crippen LogP contribution in [0.15, 0.2) is 89.6 Å². The Balaban J connectivity index is 1.59.